The van der Waals surface area contributed by atoms with E-state index in [4.69, 9.17) is 5.73 Å². The number of rotatable bonds is 12. The fourth-order valence-electron chi connectivity index (χ4n) is 3.59. The number of carbonyl (C=O) groups excluding carboxylic acids is 3. The van der Waals surface area contributed by atoms with Crippen molar-refractivity contribution in [3.8, 4) is 0 Å². The maximum atomic E-state index is 13.1. The van der Waals surface area contributed by atoms with Crippen molar-refractivity contribution in [2.24, 2.45) is 5.73 Å². The van der Waals surface area contributed by atoms with Crippen LogP contribution in [-0.4, -0.2) is 79.6 Å². The number of nitrogens with two attached hydrogens (primary N) is 1. The Bertz CT molecular complexity index is 1210. The van der Waals surface area contributed by atoms with Gasteiger partial charge < -0.3 is 41.9 Å². The zero-order valence-electron chi connectivity index (χ0n) is 19.5. The molecule has 13 heteroatoms. The Hall–Kier alpha value is -4.23. The maximum absolute atomic E-state index is 13.1. The number of fused-ring (bicyclic) bond motifs is 1. The molecule has 3 rings (SSSR count). The summed E-state index contributed by atoms with van der Waals surface area (Å²) in [6.07, 6.45) is 4.50. The van der Waals surface area contributed by atoms with Gasteiger partial charge in [0.05, 0.1) is 19.0 Å². The van der Waals surface area contributed by atoms with Gasteiger partial charge in [0.15, 0.2) is 0 Å². The highest BCUT2D eigenvalue weighted by Gasteiger charge is 2.30. The number of aromatic amines is 2. The fourth-order valence-corrected chi connectivity index (χ4v) is 3.59. The van der Waals surface area contributed by atoms with E-state index in [9.17, 15) is 29.4 Å². The van der Waals surface area contributed by atoms with E-state index in [-0.39, 0.29) is 12.8 Å². The van der Waals surface area contributed by atoms with Crippen LogP contribution in [0.3, 0.4) is 0 Å². The second-order valence-electron chi connectivity index (χ2n) is 8.34. The second-order valence-corrected chi connectivity index (χ2v) is 8.34. The Kier molecular flexibility index (Phi) is 8.76. The Balaban J connectivity index is 1.73. The third kappa shape index (κ3) is 6.67. The minimum Gasteiger partial charge on any atom is -0.480 e. The van der Waals surface area contributed by atoms with Gasteiger partial charge in [-0.3, -0.25) is 14.4 Å². The minimum absolute atomic E-state index is 0.0750. The summed E-state index contributed by atoms with van der Waals surface area (Å²) in [6, 6.07) is 2.61. The summed E-state index contributed by atoms with van der Waals surface area (Å²) >= 11 is 0. The number of aliphatic hydroxyl groups is 1. The number of carbonyl (C=O) groups is 4. The zero-order chi connectivity index (χ0) is 26.2. The molecular formula is C23H29N7O6. The van der Waals surface area contributed by atoms with Crippen molar-refractivity contribution in [1.29, 1.82) is 0 Å². The molecule has 2 heterocycles. The maximum Gasteiger partial charge on any atom is 0.326 e. The van der Waals surface area contributed by atoms with E-state index < -0.39 is 54.5 Å². The molecule has 13 nitrogen and oxygen atoms in total. The summed E-state index contributed by atoms with van der Waals surface area (Å²) in [5.41, 5.74) is 7.71. The topological polar surface area (TPSA) is 215 Å². The average Bonchev–Trinajstić information content (AvgIpc) is 3.51. The predicted molar refractivity (Wildman–Crippen MR) is 128 cm³/mol. The number of H-pyrrole nitrogens is 2. The first-order valence-corrected chi connectivity index (χ1v) is 11.2. The zero-order valence-corrected chi connectivity index (χ0v) is 19.5. The predicted octanol–water partition coefficient (Wildman–Crippen LogP) is -1.45. The van der Waals surface area contributed by atoms with Crippen molar-refractivity contribution in [2.75, 3.05) is 6.61 Å². The van der Waals surface area contributed by atoms with Crippen LogP contribution in [0, 0.1) is 0 Å². The number of para-hydroxylation sites is 1. The molecule has 3 aromatic rings. The lowest BCUT2D eigenvalue weighted by atomic mass is 10.0. The van der Waals surface area contributed by atoms with Crippen LogP contribution in [0.25, 0.3) is 10.9 Å². The van der Waals surface area contributed by atoms with Gasteiger partial charge in [-0.05, 0) is 18.6 Å². The van der Waals surface area contributed by atoms with Gasteiger partial charge in [0, 0.05) is 41.8 Å². The lowest BCUT2D eigenvalue weighted by Gasteiger charge is -2.24. The van der Waals surface area contributed by atoms with E-state index in [1.54, 1.807) is 6.20 Å². The molecule has 0 fully saturated rings. The summed E-state index contributed by atoms with van der Waals surface area (Å²) in [4.78, 5) is 59.4. The molecule has 0 spiro atoms. The third-order valence-corrected chi connectivity index (χ3v) is 5.55. The first kappa shape index (κ1) is 26.4. The van der Waals surface area contributed by atoms with Crippen molar-refractivity contribution in [3.63, 3.8) is 0 Å². The molecule has 4 atom stereocenters. The molecule has 0 saturated carbocycles. The molecule has 0 bridgehead atoms. The van der Waals surface area contributed by atoms with Gasteiger partial charge in [-0.1, -0.05) is 18.2 Å². The highest BCUT2D eigenvalue weighted by Crippen LogP contribution is 2.19. The van der Waals surface area contributed by atoms with E-state index in [0.29, 0.717) is 5.69 Å². The van der Waals surface area contributed by atoms with E-state index in [1.165, 1.54) is 19.4 Å². The van der Waals surface area contributed by atoms with Gasteiger partial charge in [0.2, 0.25) is 17.7 Å². The number of hydrogen-bond donors (Lipinski definition) is 8. The molecule has 0 aliphatic heterocycles. The molecule has 1 aromatic carbocycles. The highest BCUT2D eigenvalue weighted by atomic mass is 16.4. The number of nitrogens with one attached hydrogen (secondary N) is 5. The van der Waals surface area contributed by atoms with Crippen molar-refractivity contribution >= 4 is 34.6 Å². The molecule has 0 aliphatic carbocycles. The highest BCUT2D eigenvalue weighted by molar-refractivity contribution is 5.94. The summed E-state index contributed by atoms with van der Waals surface area (Å²) < 4.78 is 0. The molecule has 36 heavy (non-hydrogen) atoms. The first-order chi connectivity index (χ1) is 17.2. The minimum atomic E-state index is -1.46. The van der Waals surface area contributed by atoms with Crippen molar-refractivity contribution in [1.82, 2.24) is 30.9 Å². The van der Waals surface area contributed by atoms with Gasteiger partial charge in [-0.25, -0.2) is 9.78 Å². The standard InChI is InChI=1S/C23H29N7O6/c1-12(24)20(32)28-17(6-13-8-26-16-5-3-2-4-15(13)16)21(33)30-19(10-31)22(34)29-18(23(35)36)7-14-9-25-11-27-14/h2-5,8-9,11-12,17-19,26,31H,6-7,10,24H2,1H3,(H,25,27)(H,28,32)(H,29,34)(H,30,33)(H,35,36). The quantitative estimate of drug-likeness (QED) is 0.147. The van der Waals surface area contributed by atoms with Crippen LogP contribution >= 0.6 is 0 Å². The molecule has 4 unspecified atom stereocenters. The lowest BCUT2D eigenvalue weighted by Crippen LogP contribution is -2.58. The summed E-state index contributed by atoms with van der Waals surface area (Å²) in [7, 11) is 0. The number of nitrogens with zero attached hydrogens (tertiary/aromatic N) is 1. The number of carboxylic acid groups (broad SMARTS) is 1. The van der Waals surface area contributed by atoms with Crippen molar-refractivity contribution in [2.45, 2.75) is 43.9 Å². The van der Waals surface area contributed by atoms with Gasteiger partial charge in [0.25, 0.3) is 0 Å². The Morgan fingerprint density at radius 3 is 2.28 bits per heavy atom. The largest absolute Gasteiger partial charge is 0.480 e. The monoisotopic (exact) mass is 499 g/mol. The number of aliphatic hydroxyl groups excluding tert-OH is 1. The average molecular weight is 500 g/mol. The molecule has 0 aliphatic rings. The number of hydrogen-bond acceptors (Lipinski definition) is 7. The summed E-state index contributed by atoms with van der Waals surface area (Å²) in [6.45, 7) is 0.667. The number of aliphatic carboxylic acids is 1. The Labute approximate surface area is 205 Å². The molecule has 9 N–H and O–H groups in total. The summed E-state index contributed by atoms with van der Waals surface area (Å²) in [5, 5.41) is 27.3. The summed E-state index contributed by atoms with van der Waals surface area (Å²) in [5.74, 6) is -3.53. The first-order valence-electron chi connectivity index (χ1n) is 11.2. The molecule has 2 aromatic heterocycles. The number of amides is 3. The molecule has 192 valence electrons. The molecule has 0 saturated heterocycles. The van der Waals surface area contributed by atoms with Gasteiger partial charge in [-0.15, -0.1) is 0 Å². The van der Waals surface area contributed by atoms with Crippen LogP contribution in [-0.2, 0) is 32.0 Å². The van der Waals surface area contributed by atoms with Crippen LogP contribution in [0.15, 0.2) is 43.0 Å². The number of aromatic nitrogens is 3. The molecule has 0 radical (unpaired) electrons. The molecular weight excluding hydrogens is 470 g/mol. The number of carboxylic acids is 1. The van der Waals surface area contributed by atoms with E-state index in [2.05, 4.69) is 30.9 Å². The van der Waals surface area contributed by atoms with Gasteiger partial charge >= 0.3 is 5.97 Å². The Morgan fingerprint density at radius 2 is 1.64 bits per heavy atom. The third-order valence-electron chi connectivity index (χ3n) is 5.55. The smallest absolute Gasteiger partial charge is 0.326 e. The van der Waals surface area contributed by atoms with E-state index >= 15 is 0 Å². The second kappa shape index (κ2) is 12.0. The molecule has 3 amide bonds. The number of imidazole rings is 1. The van der Waals surface area contributed by atoms with Crippen molar-refractivity contribution < 1.29 is 29.4 Å². The number of benzene rings is 1. The van der Waals surface area contributed by atoms with Crippen LogP contribution in [0.1, 0.15) is 18.2 Å². The van der Waals surface area contributed by atoms with Crippen LogP contribution in [0.2, 0.25) is 0 Å². The lowest BCUT2D eigenvalue weighted by molar-refractivity contribution is -0.142. The van der Waals surface area contributed by atoms with Crippen LogP contribution in [0.5, 0.6) is 0 Å². The van der Waals surface area contributed by atoms with Crippen molar-refractivity contribution in [3.05, 3.63) is 54.2 Å². The van der Waals surface area contributed by atoms with Crippen LogP contribution in [0.4, 0.5) is 0 Å². The van der Waals surface area contributed by atoms with E-state index in [1.807, 2.05) is 24.3 Å². The normalized spacial score (nSPS) is 14.4. The van der Waals surface area contributed by atoms with Crippen LogP contribution < -0.4 is 21.7 Å². The Morgan fingerprint density at radius 1 is 0.972 bits per heavy atom. The van der Waals surface area contributed by atoms with Gasteiger partial charge in [0.1, 0.15) is 18.1 Å². The van der Waals surface area contributed by atoms with Gasteiger partial charge in [-0.2, -0.15) is 0 Å². The van der Waals surface area contributed by atoms with E-state index in [0.717, 1.165) is 16.5 Å². The fraction of sp³-hybridized carbons (Fsp3) is 0.348. The SMILES string of the molecule is CC(N)C(=O)NC(Cc1c[nH]c2ccccc12)C(=O)NC(CO)C(=O)NC(Cc1cnc[nH]1)C(=O)O.